The van der Waals surface area contributed by atoms with Crippen molar-refractivity contribution < 1.29 is 4.42 Å². The van der Waals surface area contributed by atoms with E-state index in [-0.39, 0.29) is 0 Å². The molecule has 0 unspecified atom stereocenters. The Balaban J connectivity index is 2.57. The van der Waals surface area contributed by atoms with E-state index < -0.39 is 0 Å². The predicted molar refractivity (Wildman–Crippen MR) is 44.9 cm³/mol. The van der Waals surface area contributed by atoms with Crippen molar-refractivity contribution in [3.05, 3.63) is 24.9 Å². The number of furan rings is 1. The molecule has 3 rings (SSSR count). The van der Waals surface area contributed by atoms with Crippen molar-refractivity contribution in [2.45, 2.75) is 0 Å². The van der Waals surface area contributed by atoms with E-state index in [1.54, 1.807) is 18.5 Å². The van der Waals surface area contributed by atoms with Crippen molar-refractivity contribution in [1.82, 2.24) is 19.9 Å². The van der Waals surface area contributed by atoms with Crippen LogP contribution in [0, 0.1) is 0 Å². The molecule has 13 heavy (non-hydrogen) atoms. The van der Waals surface area contributed by atoms with E-state index in [1.807, 2.05) is 0 Å². The lowest BCUT2D eigenvalue weighted by atomic mass is 10.5. The van der Waals surface area contributed by atoms with E-state index in [0.29, 0.717) is 22.4 Å². The van der Waals surface area contributed by atoms with Gasteiger partial charge in [-0.15, -0.1) is 0 Å². The predicted octanol–water partition coefficient (Wildman–Crippen LogP) is 1.17. The second-order valence-electron chi connectivity index (χ2n) is 2.57. The Morgan fingerprint density at radius 2 is 2.15 bits per heavy atom. The van der Waals surface area contributed by atoms with Gasteiger partial charge in [0.25, 0.3) is 0 Å². The summed E-state index contributed by atoms with van der Waals surface area (Å²) in [6.07, 6.45) is 4.61. The topological polar surface area (TPSA) is 64.7 Å². The molecule has 5 heteroatoms. The molecule has 0 saturated carbocycles. The third-order valence-electron chi connectivity index (χ3n) is 1.75. The van der Waals surface area contributed by atoms with Crippen LogP contribution in [0.3, 0.4) is 0 Å². The number of aromatic nitrogens is 4. The first-order valence-electron chi connectivity index (χ1n) is 3.74. The molecule has 3 aromatic heterocycles. The van der Waals surface area contributed by atoms with Gasteiger partial charge < -0.3 is 4.42 Å². The number of nitrogens with zero attached hydrogens (tertiary/aromatic N) is 4. The lowest BCUT2D eigenvalue weighted by molar-refractivity contribution is 0.604. The molecule has 0 radical (unpaired) electrons. The Bertz CT molecular complexity index is 525. The molecule has 0 aromatic carbocycles. The van der Waals surface area contributed by atoms with Crippen LogP contribution < -0.4 is 0 Å². The Morgan fingerprint density at radius 1 is 1.15 bits per heavy atom. The molecule has 0 aliphatic carbocycles. The van der Waals surface area contributed by atoms with Crippen LogP contribution in [0.4, 0.5) is 0 Å². The summed E-state index contributed by atoms with van der Waals surface area (Å²) in [4.78, 5) is 16.2. The molecular formula is C8H4N4O. The number of rotatable bonds is 0. The van der Waals surface area contributed by atoms with Crippen LogP contribution in [0.15, 0.2) is 29.3 Å². The lowest BCUT2D eigenvalue weighted by Gasteiger charge is -1.92. The van der Waals surface area contributed by atoms with Gasteiger partial charge >= 0.3 is 0 Å². The van der Waals surface area contributed by atoms with E-state index >= 15 is 0 Å². The van der Waals surface area contributed by atoms with Crippen molar-refractivity contribution in [3.63, 3.8) is 0 Å². The molecule has 0 fully saturated rings. The van der Waals surface area contributed by atoms with Gasteiger partial charge in [0.2, 0.25) is 5.71 Å². The maximum atomic E-state index is 5.10. The Kier molecular flexibility index (Phi) is 1.11. The number of hydrogen-bond donors (Lipinski definition) is 0. The van der Waals surface area contributed by atoms with E-state index in [9.17, 15) is 0 Å². The molecule has 0 aliphatic heterocycles. The summed E-state index contributed by atoms with van der Waals surface area (Å²) in [5.41, 5.74) is 2.46. The minimum Gasteiger partial charge on any atom is -0.445 e. The Morgan fingerprint density at radius 3 is 3.15 bits per heavy atom. The van der Waals surface area contributed by atoms with Crippen molar-refractivity contribution in [2.24, 2.45) is 0 Å². The largest absolute Gasteiger partial charge is 0.445 e. The summed E-state index contributed by atoms with van der Waals surface area (Å²) >= 11 is 0. The highest BCUT2D eigenvalue weighted by Crippen LogP contribution is 2.13. The number of fused-ring (bicyclic) bond motifs is 2. The average molecular weight is 172 g/mol. The summed E-state index contributed by atoms with van der Waals surface area (Å²) in [6, 6.07) is 1.75. The highest BCUT2D eigenvalue weighted by molar-refractivity contribution is 5.80. The normalized spacial score (nSPS) is 11.1. The molecular weight excluding hydrogens is 168 g/mol. The standard InChI is InChI=1S/C8H4N4O/c1-2-13-8-5(1)11-7-6(12-8)3-9-4-10-7/h1-4H. The minimum absolute atomic E-state index is 0.516. The Hall–Kier alpha value is -2.04. The molecule has 0 aliphatic rings. The fourth-order valence-corrected chi connectivity index (χ4v) is 1.17. The Labute approximate surface area is 72.5 Å². The van der Waals surface area contributed by atoms with Gasteiger partial charge in [-0.2, -0.15) is 0 Å². The zero-order valence-corrected chi connectivity index (χ0v) is 6.51. The van der Waals surface area contributed by atoms with Crippen molar-refractivity contribution in [2.75, 3.05) is 0 Å². The first-order chi connectivity index (χ1) is 6.43. The van der Waals surface area contributed by atoms with Gasteiger partial charge in [0.15, 0.2) is 5.65 Å². The van der Waals surface area contributed by atoms with Crippen LogP contribution in [0.1, 0.15) is 0 Å². The monoisotopic (exact) mass is 172 g/mol. The summed E-state index contributed by atoms with van der Waals surface area (Å²) in [5.74, 6) is 0. The molecule has 0 atom stereocenters. The van der Waals surface area contributed by atoms with Crippen molar-refractivity contribution in [3.8, 4) is 0 Å². The molecule has 0 saturated heterocycles. The average Bonchev–Trinajstić information content (AvgIpc) is 2.61. The highest BCUT2D eigenvalue weighted by atomic mass is 16.3. The maximum absolute atomic E-state index is 5.10. The van der Waals surface area contributed by atoms with Crippen LogP contribution in [-0.4, -0.2) is 19.9 Å². The van der Waals surface area contributed by atoms with Crippen LogP contribution in [0.2, 0.25) is 0 Å². The fraction of sp³-hybridized carbons (Fsp3) is 0. The van der Waals surface area contributed by atoms with Gasteiger partial charge in [-0.1, -0.05) is 0 Å². The summed E-state index contributed by atoms with van der Waals surface area (Å²) in [7, 11) is 0. The van der Waals surface area contributed by atoms with Gasteiger partial charge in [-0.05, 0) is 0 Å². The van der Waals surface area contributed by atoms with Gasteiger partial charge in [0.1, 0.15) is 17.4 Å². The van der Waals surface area contributed by atoms with Gasteiger partial charge in [-0.3, -0.25) is 0 Å². The second-order valence-corrected chi connectivity index (χ2v) is 2.57. The quantitative estimate of drug-likeness (QED) is 0.509. The first kappa shape index (κ1) is 6.47. The minimum atomic E-state index is 0.516. The van der Waals surface area contributed by atoms with Gasteiger partial charge in [0.05, 0.1) is 12.5 Å². The molecule has 0 N–H and O–H groups in total. The van der Waals surface area contributed by atoms with Crippen molar-refractivity contribution in [1.29, 1.82) is 0 Å². The SMILES string of the molecule is c1ncc2nc3occc3nc2n1. The lowest BCUT2D eigenvalue weighted by Crippen LogP contribution is -1.88. The molecule has 3 heterocycles. The number of hydrogen-bond acceptors (Lipinski definition) is 5. The zero-order chi connectivity index (χ0) is 8.67. The molecule has 62 valence electrons. The highest BCUT2D eigenvalue weighted by Gasteiger charge is 2.03. The summed E-state index contributed by atoms with van der Waals surface area (Å²) in [5, 5.41) is 0. The van der Waals surface area contributed by atoms with E-state index in [0.717, 1.165) is 0 Å². The zero-order valence-electron chi connectivity index (χ0n) is 6.51. The van der Waals surface area contributed by atoms with Crippen LogP contribution in [0.5, 0.6) is 0 Å². The second kappa shape index (κ2) is 2.22. The summed E-state index contributed by atoms with van der Waals surface area (Å²) in [6.45, 7) is 0. The van der Waals surface area contributed by atoms with E-state index in [4.69, 9.17) is 4.42 Å². The molecule has 0 amide bonds. The van der Waals surface area contributed by atoms with Crippen LogP contribution >= 0.6 is 0 Å². The van der Waals surface area contributed by atoms with Crippen LogP contribution in [0.25, 0.3) is 22.4 Å². The first-order valence-corrected chi connectivity index (χ1v) is 3.74. The maximum Gasteiger partial charge on any atom is 0.245 e. The van der Waals surface area contributed by atoms with E-state index in [2.05, 4.69) is 19.9 Å². The molecule has 3 aromatic rings. The van der Waals surface area contributed by atoms with Crippen molar-refractivity contribution >= 4 is 22.4 Å². The molecule has 0 bridgehead atoms. The third kappa shape index (κ3) is 0.868. The van der Waals surface area contributed by atoms with Crippen LogP contribution in [-0.2, 0) is 0 Å². The van der Waals surface area contributed by atoms with Gasteiger partial charge in [-0.25, -0.2) is 19.9 Å². The molecule has 5 nitrogen and oxygen atoms in total. The summed E-state index contributed by atoms with van der Waals surface area (Å²) < 4.78 is 5.10. The smallest absolute Gasteiger partial charge is 0.245 e. The van der Waals surface area contributed by atoms with E-state index in [1.165, 1.54) is 6.33 Å². The third-order valence-corrected chi connectivity index (χ3v) is 1.75. The molecule has 0 spiro atoms. The fourth-order valence-electron chi connectivity index (χ4n) is 1.17. The van der Waals surface area contributed by atoms with Gasteiger partial charge in [0, 0.05) is 6.07 Å².